The lowest BCUT2D eigenvalue weighted by Gasteiger charge is -2.27. The van der Waals surface area contributed by atoms with Gasteiger partial charge in [-0.25, -0.2) is 0 Å². The van der Waals surface area contributed by atoms with E-state index in [1.807, 2.05) is 4.90 Å². The number of amides is 1. The average Bonchev–Trinajstić information content (AvgIpc) is 2.75. The van der Waals surface area contributed by atoms with Crippen molar-refractivity contribution in [3.05, 3.63) is 12.2 Å². The minimum absolute atomic E-state index is 0.288. The second-order valence-electron chi connectivity index (χ2n) is 5.38. The highest BCUT2D eigenvalue weighted by atomic mass is 16.2. The number of rotatable bonds is 3. The van der Waals surface area contributed by atoms with Gasteiger partial charge >= 0.3 is 0 Å². The molecule has 1 amide bonds. The van der Waals surface area contributed by atoms with Crippen molar-refractivity contribution >= 4 is 5.91 Å². The van der Waals surface area contributed by atoms with Crippen LogP contribution in [-0.2, 0) is 4.79 Å². The van der Waals surface area contributed by atoms with Crippen molar-refractivity contribution in [3.8, 4) is 0 Å². The Morgan fingerprint density at radius 2 is 2.11 bits per heavy atom. The van der Waals surface area contributed by atoms with Crippen LogP contribution in [0.2, 0.25) is 0 Å². The molecule has 1 saturated heterocycles. The molecule has 1 atom stereocenters. The first-order valence-electron chi connectivity index (χ1n) is 7.07. The van der Waals surface area contributed by atoms with E-state index in [4.69, 9.17) is 0 Å². The number of nitrogens with zero attached hydrogens (tertiary/aromatic N) is 3. The van der Waals surface area contributed by atoms with E-state index in [0.29, 0.717) is 12.6 Å². The second kappa shape index (κ2) is 6.34. The van der Waals surface area contributed by atoms with Gasteiger partial charge in [0, 0.05) is 19.6 Å². The number of carbonyl (C=O) groups excluding carboxylic acids is 1. The molecule has 4 nitrogen and oxygen atoms in total. The molecule has 0 aromatic rings. The van der Waals surface area contributed by atoms with Crippen LogP contribution in [0.5, 0.6) is 0 Å². The van der Waals surface area contributed by atoms with Crippen LogP contribution >= 0.6 is 0 Å². The van der Waals surface area contributed by atoms with Crippen LogP contribution in [0, 0.1) is 0 Å². The summed E-state index contributed by atoms with van der Waals surface area (Å²) in [5, 5.41) is 0. The molecule has 0 saturated carbocycles. The standard InChI is InChI=1S/C14H25N3O/c1-3-13-6-4-9-17(13)14(18)12-16-8-5-7-15(2)10-11-16/h4,6,13H,3,5,7-12H2,1-2H3. The van der Waals surface area contributed by atoms with Gasteiger partial charge in [-0.05, 0) is 33.0 Å². The van der Waals surface area contributed by atoms with Crippen LogP contribution in [0.15, 0.2) is 12.2 Å². The van der Waals surface area contributed by atoms with Gasteiger partial charge in [-0.15, -0.1) is 0 Å². The summed E-state index contributed by atoms with van der Waals surface area (Å²) in [7, 11) is 2.16. The highest BCUT2D eigenvalue weighted by molar-refractivity contribution is 5.79. The molecule has 0 aromatic heterocycles. The average molecular weight is 251 g/mol. The maximum absolute atomic E-state index is 12.3. The molecule has 0 aliphatic carbocycles. The molecule has 4 heteroatoms. The lowest BCUT2D eigenvalue weighted by Crippen LogP contribution is -2.43. The molecule has 102 valence electrons. The van der Waals surface area contributed by atoms with Crippen molar-refractivity contribution in [3.63, 3.8) is 0 Å². The van der Waals surface area contributed by atoms with E-state index in [1.165, 1.54) is 6.42 Å². The maximum atomic E-state index is 12.3. The number of hydrogen-bond donors (Lipinski definition) is 0. The summed E-state index contributed by atoms with van der Waals surface area (Å²) < 4.78 is 0. The highest BCUT2D eigenvalue weighted by Crippen LogP contribution is 2.13. The summed E-state index contributed by atoms with van der Waals surface area (Å²) in [5.74, 6) is 0.288. The van der Waals surface area contributed by atoms with Gasteiger partial charge in [-0.1, -0.05) is 19.1 Å². The van der Waals surface area contributed by atoms with Gasteiger partial charge in [0.25, 0.3) is 0 Å². The molecule has 0 bridgehead atoms. The molecule has 0 radical (unpaired) electrons. The van der Waals surface area contributed by atoms with Crippen molar-refractivity contribution in [2.75, 3.05) is 46.3 Å². The molecule has 2 aliphatic rings. The topological polar surface area (TPSA) is 26.8 Å². The fraction of sp³-hybridized carbons (Fsp3) is 0.786. The van der Waals surface area contributed by atoms with Crippen LogP contribution in [0.1, 0.15) is 19.8 Å². The van der Waals surface area contributed by atoms with Gasteiger partial charge in [0.15, 0.2) is 0 Å². The van der Waals surface area contributed by atoms with E-state index in [9.17, 15) is 4.79 Å². The fourth-order valence-electron chi connectivity index (χ4n) is 2.75. The quantitative estimate of drug-likeness (QED) is 0.694. The first kappa shape index (κ1) is 13.6. The summed E-state index contributed by atoms with van der Waals surface area (Å²) in [6, 6.07) is 0.326. The zero-order valence-corrected chi connectivity index (χ0v) is 11.6. The highest BCUT2D eigenvalue weighted by Gasteiger charge is 2.25. The molecule has 2 aliphatic heterocycles. The molecule has 18 heavy (non-hydrogen) atoms. The summed E-state index contributed by atoms with van der Waals surface area (Å²) in [4.78, 5) is 19.0. The lowest BCUT2D eigenvalue weighted by molar-refractivity contribution is -0.132. The number of likely N-dealkylation sites (N-methyl/N-ethyl adjacent to an activating group) is 1. The SMILES string of the molecule is CCC1C=CCN1C(=O)CN1CCCN(C)CC1. The van der Waals surface area contributed by atoms with E-state index in [1.54, 1.807) is 0 Å². The summed E-state index contributed by atoms with van der Waals surface area (Å²) in [6.07, 6.45) is 6.46. The maximum Gasteiger partial charge on any atom is 0.237 e. The Morgan fingerprint density at radius 3 is 2.89 bits per heavy atom. The molecule has 2 rings (SSSR count). The number of carbonyl (C=O) groups is 1. The van der Waals surface area contributed by atoms with Crippen LogP contribution < -0.4 is 0 Å². The molecule has 1 fully saturated rings. The second-order valence-corrected chi connectivity index (χ2v) is 5.38. The largest absolute Gasteiger partial charge is 0.331 e. The van der Waals surface area contributed by atoms with E-state index in [2.05, 4.69) is 35.9 Å². The van der Waals surface area contributed by atoms with E-state index < -0.39 is 0 Å². The molecule has 1 unspecified atom stereocenters. The minimum atomic E-state index is 0.288. The molecule has 0 spiro atoms. The Balaban J connectivity index is 1.83. The zero-order valence-electron chi connectivity index (χ0n) is 11.6. The first-order valence-corrected chi connectivity index (χ1v) is 7.07. The summed E-state index contributed by atoms with van der Waals surface area (Å²) in [6.45, 7) is 7.81. The third-order valence-electron chi connectivity index (χ3n) is 3.97. The Morgan fingerprint density at radius 1 is 1.28 bits per heavy atom. The van der Waals surface area contributed by atoms with Gasteiger partial charge in [0.1, 0.15) is 0 Å². The van der Waals surface area contributed by atoms with E-state index >= 15 is 0 Å². The summed E-state index contributed by atoms with van der Waals surface area (Å²) in [5.41, 5.74) is 0. The smallest absolute Gasteiger partial charge is 0.237 e. The molecular weight excluding hydrogens is 226 g/mol. The fourth-order valence-corrected chi connectivity index (χ4v) is 2.75. The van der Waals surface area contributed by atoms with Crippen molar-refractivity contribution in [2.45, 2.75) is 25.8 Å². The zero-order chi connectivity index (χ0) is 13.0. The van der Waals surface area contributed by atoms with E-state index in [-0.39, 0.29) is 5.91 Å². The van der Waals surface area contributed by atoms with Gasteiger partial charge < -0.3 is 9.80 Å². The van der Waals surface area contributed by atoms with Crippen molar-refractivity contribution in [1.29, 1.82) is 0 Å². The van der Waals surface area contributed by atoms with Crippen LogP contribution in [0.25, 0.3) is 0 Å². The molecular formula is C14H25N3O. The van der Waals surface area contributed by atoms with Gasteiger partial charge in [-0.2, -0.15) is 0 Å². The molecule has 0 N–H and O–H groups in total. The monoisotopic (exact) mass is 251 g/mol. The van der Waals surface area contributed by atoms with Gasteiger partial charge in [0.05, 0.1) is 12.6 Å². The predicted molar refractivity (Wildman–Crippen MR) is 73.5 cm³/mol. The minimum Gasteiger partial charge on any atom is -0.331 e. The normalized spacial score (nSPS) is 26.6. The Bertz CT molecular complexity index is 316. The Labute approximate surface area is 110 Å². The van der Waals surface area contributed by atoms with E-state index in [0.717, 1.165) is 39.1 Å². The third-order valence-corrected chi connectivity index (χ3v) is 3.97. The molecule has 2 heterocycles. The Hall–Kier alpha value is -0.870. The first-order chi connectivity index (χ1) is 8.70. The third kappa shape index (κ3) is 3.33. The molecule has 0 aromatic carbocycles. The van der Waals surface area contributed by atoms with Crippen molar-refractivity contribution in [2.24, 2.45) is 0 Å². The van der Waals surface area contributed by atoms with Crippen molar-refractivity contribution in [1.82, 2.24) is 14.7 Å². The van der Waals surface area contributed by atoms with Crippen LogP contribution in [0.3, 0.4) is 0 Å². The summed E-state index contributed by atoms with van der Waals surface area (Å²) >= 11 is 0. The van der Waals surface area contributed by atoms with Gasteiger partial charge in [-0.3, -0.25) is 9.69 Å². The number of hydrogen-bond acceptors (Lipinski definition) is 3. The van der Waals surface area contributed by atoms with Gasteiger partial charge in [0.2, 0.25) is 5.91 Å². The van der Waals surface area contributed by atoms with Crippen LogP contribution in [-0.4, -0.2) is 73.0 Å². The predicted octanol–water partition coefficient (Wildman–Crippen LogP) is 0.801. The Kier molecular flexibility index (Phi) is 4.78. The van der Waals surface area contributed by atoms with Crippen molar-refractivity contribution < 1.29 is 4.79 Å². The van der Waals surface area contributed by atoms with Crippen LogP contribution in [0.4, 0.5) is 0 Å². The lowest BCUT2D eigenvalue weighted by atomic mass is 10.2.